The number of methoxy groups -OCH3 is 1. The number of benzene rings is 2. The minimum atomic E-state index is -0.462. The van der Waals surface area contributed by atoms with Crippen molar-refractivity contribution in [2.24, 2.45) is 4.99 Å². The molecule has 0 radical (unpaired) electrons. The summed E-state index contributed by atoms with van der Waals surface area (Å²) < 4.78 is 5.37. The van der Waals surface area contributed by atoms with Crippen molar-refractivity contribution in [3.05, 3.63) is 58.6 Å². The molecule has 1 aliphatic heterocycles. The fraction of sp³-hybridized carbons (Fsp3) is 0.250. The fourth-order valence-electron chi connectivity index (χ4n) is 2.88. The minimum absolute atomic E-state index is 0.0885. The van der Waals surface area contributed by atoms with Crippen LogP contribution in [0.25, 0.3) is 0 Å². The van der Waals surface area contributed by atoms with E-state index >= 15 is 0 Å². The topological polar surface area (TPSA) is 62.7 Å². The van der Waals surface area contributed by atoms with Crippen molar-refractivity contribution in [3.8, 4) is 5.75 Å². The summed E-state index contributed by atoms with van der Waals surface area (Å²) in [6.07, 6.45) is 0.182. The van der Waals surface area contributed by atoms with Crippen molar-refractivity contribution in [3.63, 3.8) is 0 Å². The first-order chi connectivity index (χ1) is 13.0. The quantitative estimate of drug-likeness (QED) is 0.747. The Labute approximate surface area is 168 Å². The third-order valence-electron chi connectivity index (χ3n) is 4.20. The average Bonchev–Trinajstić information content (AvgIpc) is 2.79. The summed E-state index contributed by atoms with van der Waals surface area (Å²) in [5, 5.41) is 6.68. The van der Waals surface area contributed by atoms with Crippen LogP contribution in [-0.4, -0.2) is 36.3 Å². The first kappa shape index (κ1) is 19.3. The van der Waals surface area contributed by atoms with Crippen molar-refractivity contribution in [1.29, 1.82) is 0 Å². The number of nitrogens with one attached hydrogen (secondary N) is 2. The number of carbonyl (C=O) groups is 1. The molecule has 1 heterocycles. The number of nitrogens with zero attached hydrogens (tertiary/aromatic N) is 1. The highest BCUT2D eigenvalue weighted by molar-refractivity contribution is 7.80. The van der Waals surface area contributed by atoms with E-state index in [-0.39, 0.29) is 12.3 Å². The van der Waals surface area contributed by atoms with Gasteiger partial charge < -0.3 is 15.4 Å². The largest absolute Gasteiger partial charge is 0.497 e. The summed E-state index contributed by atoms with van der Waals surface area (Å²) in [7, 11) is 1.62. The maximum absolute atomic E-state index is 12.1. The number of anilines is 1. The van der Waals surface area contributed by atoms with Crippen molar-refractivity contribution in [2.45, 2.75) is 19.4 Å². The van der Waals surface area contributed by atoms with E-state index in [9.17, 15) is 4.79 Å². The van der Waals surface area contributed by atoms with Crippen LogP contribution < -0.4 is 15.4 Å². The van der Waals surface area contributed by atoms with Crippen LogP contribution in [0.5, 0.6) is 5.75 Å². The molecule has 2 aromatic rings. The van der Waals surface area contributed by atoms with Crippen LogP contribution in [0.2, 0.25) is 5.02 Å². The molecule has 140 valence electrons. The van der Waals surface area contributed by atoms with Gasteiger partial charge in [-0.3, -0.25) is 9.79 Å². The van der Waals surface area contributed by atoms with Crippen LogP contribution in [0.15, 0.2) is 47.5 Å². The van der Waals surface area contributed by atoms with Gasteiger partial charge in [0, 0.05) is 28.4 Å². The van der Waals surface area contributed by atoms with Crippen LogP contribution in [-0.2, 0) is 4.79 Å². The molecule has 0 fully saturated rings. The molecule has 1 amide bonds. The number of aliphatic imine (C=N–C) groups is 1. The maximum atomic E-state index is 12.1. The summed E-state index contributed by atoms with van der Waals surface area (Å²) in [4.78, 5) is 17.5. The Bertz CT molecular complexity index is 897. The van der Waals surface area contributed by atoms with Gasteiger partial charge in [-0.1, -0.05) is 36.0 Å². The molecule has 3 rings (SSSR count). The Balaban J connectivity index is 2.10. The number of fused-ring (bicyclic) bond motifs is 1. The van der Waals surface area contributed by atoms with Crippen LogP contribution >= 0.6 is 23.8 Å². The number of halogens is 1. The lowest BCUT2D eigenvalue weighted by Gasteiger charge is -2.13. The summed E-state index contributed by atoms with van der Waals surface area (Å²) in [6.45, 7) is 2.45. The number of hydrogen-bond donors (Lipinski definition) is 2. The molecule has 0 spiro atoms. The zero-order chi connectivity index (χ0) is 19.4. The van der Waals surface area contributed by atoms with E-state index in [0.29, 0.717) is 22.3 Å². The molecule has 0 saturated carbocycles. The lowest BCUT2D eigenvalue weighted by molar-refractivity contribution is -0.121. The number of thiocarbonyl (C=S) groups is 1. The molecule has 5 nitrogen and oxygen atoms in total. The first-order valence-electron chi connectivity index (χ1n) is 8.61. The third-order valence-corrected chi connectivity index (χ3v) is 4.82. The van der Waals surface area contributed by atoms with E-state index in [1.807, 2.05) is 49.4 Å². The zero-order valence-electron chi connectivity index (χ0n) is 15.1. The minimum Gasteiger partial charge on any atom is -0.497 e. The molecule has 2 N–H and O–H groups in total. The predicted molar refractivity (Wildman–Crippen MR) is 113 cm³/mol. The summed E-state index contributed by atoms with van der Waals surface area (Å²) >= 11 is 11.6. The number of rotatable bonds is 5. The van der Waals surface area contributed by atoms with Gasteiger partial charge in [0.25, 0.3) is 0 Å². The third kappa shape index (κ3) is 4.46. The molecule has 7 heteroatoms. The number of carbonyl (C=O) groups excluding carboxylic acids is 1. The summed E-state index contributed by atoms with van der Waals surface area (Å²) in [5.41, 5.74) is 3.31. The fourth-order valence-corrected chi connectivity index (χ4v) is 3.25. The van der Waals surface area contributed by atoms with Gasteiger partial charge in [-0.15, -0.1) is 0 Å². The summed E-state index contributed by atoms with van der Waals surface area (Å²) in [5.74, 6) is 0.625. The van der Waals surface area contributed by atoms with Crippen LogP contribution in [0.4, 0.5) is 5.69 Å². The Hall–Kier alpha value is -2.44. The van der Waals surface area contributed by atoms with Gasteiger partial charge in [0.15, 0.2) is 0 Å². The molecule has 0 aliphatic carbocycles. The van der Waals surface area contributed by atoms with Crippen molar-refractivity contribution >= 4 is 46.1 Å². The van der Waals surface area contributed by atoms with Crippen molar-refractivity contribution in [1.82, 2.24) is 5.32 Å². The van der Waals surface area contributed by atoms with Gasteiger partial charge in [0.2, 0.25) is 5.91 Å². The maximum Gasteiger partial charge on any atom is 0.222 e. The highest BCUT2D eigenvalue weighted by Gasteiger charge is 2.25. The normalized spacial score (nSPS) is 15.9. The van der Waals surface area contributed by atoms with Gasteiger partial charge in [-0.25, -0.2) is 0 Å². The Morgan fingerprint density at radius 2 is 2.04 bits per heavy atom. The number of amides is 1. The van der Waals surface area contributed by atoms with Crippen LogP contribution in [0, 0.1) is 0 Å². The second kappa shape index (κ2) is 8.50. The molecule has 0 aromatic heterocycles. The van der Waals surface area contributed by atoms with Crippen LogP contribution in [0.3, 0.4) is 0 Å². The highest BCUT2D eigenvalue weighted by Crippen LogP contribution is 2.29. The van der Waals surface area contributed by atoms with Crippen LogP contribution in [0.1, 0.15) is 24.5 Å². The predicted octanol–water partition coefficient (Wildman–Crippen LogP) is 3.83. The molecule has 0 bridgehead atoms. The summed E-state index contributed by atoms with van der Waals surface area (Å²) in [6, 6.07) is 12.6. The van der Waals surface area contributed by atoms with E-state index in [1.54, 1.807) is 7.11 Å². The van der Waals surface area contributed by atoms with Crippen molar-refractivity contribution in [2.75, 3.05) is 19.0 Å². The highest BCUT2D eigenvalue weighted by atomic mass is 35.5. The smallest absolute Gasteiger partial charge is 0.222 e. The lowest BCUT2D eigenvalue weighted by atomic mass is 10.00. The van der Waals surface area contributed by atoms with E-state index < -0.39 is 6.04 Å². The lowest BCUT2D eigenvalue weighted by Crippen LogP contribution is -2.32. The molecule has 1 unspecified atom stereocenters. The standard InChI is InChI=1S/C20H20ClN3O2S/c1-3-22-18(25)11-17-20(27)24-16-9-8-14(26-2)10-15(16)19(23-17)12-4-6-13(21)7-5-12/h4-10,17H,3,11H2,1-2H3,(H,22,25)(H,24,27). The Morgan fingerprint density at radius 1 is 1.30 bits per heavy atom. The molecule has 1 aliphatic rings. The van der Waals surface area contributed by atoms with Crippen molar-refractivity contribution < 1.29 is 9.53 Å². The molecular weight excluding hydrogens is 382 g/mol. The average molecular weight is 402 g/mol. The number of hydrogen-bond acceptors (Lipinski definition) is 4. The van der Waals surface area contributed by atoms with Gasteiger partial charge in [0.1, 0.15) is 16.8 Å². The van der Waals surface area contributed by atoms with Gasteiger partial charge in [-0.2, -0.15) is 0 Å². The van der Waals surface area contributed by atoms with E-state index in [2.05, 4.69) is 10.6 Å². The second-order valence-electron chi connectivity index (χ2n) is 6.06. The molecule has 2 aromatic carbocycles. The second-order valence-corrected chi connectivity index (χ2v) is 6.94. The molecule has 0 saturated heterocycles. The number of benzodiazepines with no additional fused rings is 1. The zero-order valence-corrected chi connectivity index (χ0v) is 16.7. The monoisotopic (exact) mass is 401 g/mol. The Kier molecular flexibility index (Phi) is 6.08. The molecular formula is C20H20ClN3O2S. The molecule has 27 heavy (non-hydrogen) atoms. The van der Waals surface area contributed by atoms with E-state index in [0.717, 1.165) is 22.5 Å². The van der Waals surface area contributed by atoms with E-state index in [4.69, 9.17) is 33.5 Å². The molecule has 1 atom stereocenters. The van der Waals surface area contributed by atoms with Gasteiger partial charge >= 0.3 is 0 Å². The SMILES string of the molecule is CCNC(=O)CC1N=C(c2ccc(Cl)cc2)c2cc(OC)ccc2NC1=S. The van der Waals surface area contributed by atoms with Gasteiger partial charge in [0.05, 0.1) is 19.2 Å². The Morgan fingerprint density at radius 3 is 2.70 bits per heavy atom. The first-order valence-corrected chi connectivity index (χ1v) is 9.40. The van der Waals surface area contributed by atoms with Gasteiger partial charge in [-0.05, 0) is 37.3 Å². The number of ether oxygens (including phenoxy) is 1. The van der Waals surface area contributed by atoms with E-state index in [1.165, 1.54) is 0 Å².